The number of benzene rings is 2. The molecule has 25 heavy (non-hydrogen) atoms. The van der Waals surface area contributed by atoms with E-state index in [9.17, 15) is 0 Å². The fourth-order valence-electron chi connectivity index (χ4n) is 3.46. The minimum atomic E-state index is 0.973. The van der Waals surface area contributed by atoms with Crippen LogP contribution in [0.5, 0.6) is 0 Å². The van der Waals surface area contributed by atoms with E-state index in [1.807, 2.05) is 25.5 Å². The number of aromatic nitrogens is 3. The van der Waals surface area contributed by atoms with Crippen LogP contribution in [0.2, 0.25) is 0 Å². The van der Waals surface area contributed by atoms with E-state index < -0.39 is 0 Å². The number of rotatable bonds is 2. The highest BCUT2D eigenvalue weighted by Gasteiger charge is 2.24. The molecule has 0 fully saturated rings. The Morgan fingerprint density at radius 1 is 0.880 bits per heavy atom. The van der Waals surface area contributed by atoms with E-state index in [4.69, 9.17) is 0 Å². The normalized spacial score (nSPS) is 11.0. The molecule has 0 aliphatic rings. The topological polar surface area (TPSA) is 20.6 Å². The molecule has 0 amide bonds. The summed E-state index contributed by atoms with van der Waals surface area (Å²) in [6.45, 7) is 4.33. The molecule has 122 valence electrons. The molecule has 0 bridgehead atoms. The molecule has 3 heteroatoms. The summed E-state index contributed by atoms with van der Waals surface area (Å²) in [6, 6.07) is 19.0. The van der Waals surface area contributed by atoms with Crippen LogP contribution >= 0.6 is 0 Å². The molecule has 2 heterocycles. The second-order valence-corrected chi connectivity index (χ2v) is 6.39. The third-order valence-corrected chi connectivity index (χ3v) is 4.75. The smallest absolute Gasteiger partial charge is 0.233 e. The van der Waals surface area contributed by atoms with Gasteiger partial charge in [0.2, 0.25) is 5.69 Å². The van der Waals surface area contributed by atoms with Gasteiger partial charge in [-0.2, -0.15) is 4.57 Å². The second-order valence-electron chi connectivity index (χ2n) is 6.39. The third-order valence-electron chi connectivity index (χ3n) is 4.75. The Kier molecular flexibility index (Phi) is 3.77. The zero-order valence-corrected chi connectivity index (χ0v) is 14.8. The predicted octanol–water partition coefficient (Wildman–Crippen LogP) is 3.62. The van der Waals surface area contributed by atoms with Crippen molar-refractivity contribution in [3.05, 3.63) is 84.4 Å². The van der Waals surface area contributed by atoms with E-state index in [1.54, 1.807) is 0 Å². The van der Waals surface area contributed by atoms with Gasteiger partial charge in [-0.15, -0.1) is 0 Å². The molecule has 0 unspecified atom stereocenters. The van der Waals surface area contributed by atoms with Crippen molar-refractivity contribution in [2.45, 2.75) is 13.8 Å². The summed E-state index contributed by atoms with van der Waals surface area (Å²) < 4.78 is 4.34. The monoisotopic (exact) mass is 327 g/mol. The largest absolute Gasteiger partial charge is 0.330 e. The maximum absolute atomic E-state index is 4.63. The molecule has 4 aromatic rings. The van der Waals surface area contributed by atoms with Gasteiger partial charge in [-0.3, -0.25) is 0 Å². The van der Waals surface area contributed by atoms with Crippen LogP contribution in [-0.2, 0) is 7.05 Å². The van der Waals surface area contributed by atoms with Crippen LogP contribution in [0.25, 0.3) is 27.8 Å². The van der Waals surface area contributed by atoms with E-state index in [0.29, 0.717) is 0 Å². The van der Waals surface area contributed by atoms with E-state index in [1.165, 1.54) is 27.7 Å². The molecule has 4 rings (SSSR count). The fraction of sp³-hybridized carbons (Fsp3) is 0.136. The Bertz CT molecular complexity index is 1080. The summed E-state index contributed by atoms with van der Waals surface area (Å²) in [6.07, 6.45) is 6.02. The molecule has 2 aromatic heterocycles. The quantitative estimate of drug-likeness (QED) is 0.515. The summed E-state index contributed by atoms with van der Waals surface area (Å²) in [5, 5.41) is 2.47. The van der Waals surface area contributed by atoms with Crippen molar-refractivity contribution in [1.82, 2.24) is 4.98 Å². The molecule has 0 saturated heterocycles. The molecule has 0 aliphatic carbocycles. The average molecular weight is 327 g/mol. The van der Waals surface area contributed by atoms with Crippen LogP contribution in [0.1, 0.15) is 11.3 Å². The minimum absolute atomic E-state index is 0.973. The number of fused-ring (bicyclic) bond motifs is 1. The number of aryl methyl sites for hydroxylation is 2. The second kappa shape index (κ2) is 6.10. The van der Waals surface area contributed by atoms with Crippen molar-refractivity contribution < 1.29 is 9.13 Å². The zero-order valence-electron chi connectivity index (χ0n) is 14.8. The van der Waals surface area contributed by atoms with Gasteiger partial charge in [-0.05, 0) is 29.4 Å². The molecule has 0 saturated carbocycles. The lowest BCUT2D eigenvalue weighted by molar-refractivity contribution is -0.663. The number of nitrogens with zero attached hydrogens (tertiary/aromatic N) is 3. The van der Waals surface area contributed by atoms with Crippen LogP contribution in [-0.4, -0.2) is 4.98 Å². The highest BCUT2D eigenvalue weighted by atomic mass is 15.0. The SMILES string of the molecule is Cc1c(-c2nccc[n+]2C)cc2ccccc2c1-[n+]1ccccc1C. The first-order valence-corrected chi connectivity index (χ1v) is 8.48. The van der Waals surface area contributed by atoms with Gasteiger partial charge in [0.25, 0.3) is 0 Å². The Labute approximate surface area is 147 Å². The first kappa shape index (κ1) is 15.5. The summed E-state index contributed by atoms with van der Waals surface area (Å²) >= 11 is 0. The Hall–Kier alpha value is -3.07. The first-order valence-electron chi connectivity index (χ1n) is 8.48. The van der Waals surface area contributed by atoms with Crippen molar-refractivity contribution >= 4 is 10.8 Å². The van der Waals surface area contributed by atoms with Gasteiger partial charge in [0.1, 0.15) is 6.20 Å². The van der Waals surface area contributed by atoms with Gasteiger partial charge < -0.3 is 0 Å². The summed E-state index contributed by atoms with van der Waals surface area (Å²) in [7, 11) is 2.04. The highest BCUT2D eigenvalue weighted by Crippen LogP contribution is 2.30. The fourth-order valence-corrected chi connectivity index (χ4v) is 3.46. The number of pyridine rings is 1. The van der Waals surface area contributed by atoms with Gasteiger partial charge in [0, 0.05) is 30.7 Å². The maximum Gasteiger partial charge on any atom is 0.330 e. The van der Waals surface area contributed by atoms with Crippen molar-refractivity contribution in [2.75, 3.05) is 0 Å². The lowest BCUT2D eigenvalue weighted by atomic mass is 9.97. The third kappa shape index (κ3) is 2.58. The van der Waals surface area contributed by atoms with E-state index in [2.05, 4.69) is 82.7 Å². The van der Waals surface area contributed by atoms with E-state index in [-0.39, 0.29) is 0 Å². The number of hydrogen-bond donors (Lipinski definition) is 0. The minimum Gasteiger partial charge on any atom is -0.233 e. The van der Waals surface area contributed by atoms with Gasteiger partial charge in [-0.25, -0.2) is 4.57 Å². The van der Waals surface area contributed by atoms with Gasteiger partial charge >= 0.3 is 5.82 Å². The summed E-state index contributed by atoms with van der Waals surface area (Å²) in [5.41, 5.74) is 4.81. The van der Waals surface area contributed by atoms with Crippen LogP contribution in [0.4, 0.5) is 0 Å². The van der Waals surface area contributed by atoms with Gasteiger partial charge in [-0.1, -0.05) is 24.3 Å². The predicted molar refractivity (Wildman–Crippen MR) is 99.4 cm³/mol. The van der Waals surface area contributed by atoms with E-state index in [0.717, 1.165) is 11.4 Å². The van der Waals surface area contributed by atoms with Crippen molar-refractivity contribution in [3.63, 3.8) is 0 Å². The molecule has 0 spiro atoms. The Morgan fingerprint density at radius 2 is 1.68 bits per heavy atom. The lowest BCUT2D eigenvalue weighted by Gasteiger charge is -2.10. The van der Waals surface area contributed by atoms with Crippen molar-refractivity contribution in [2.24, 2.45) is 7.05 Å². The summed E-state index contributed by atoms with van der Waals surface area (Å²) in [4.78, 5) is 4.63. The van der Waals surface area contributed by atoms with Crippen LogP contribution in [0.15, 0.2) is 73.2 Å². The summed E-state index contributed by atoms with van der Waals surface area (Å²) in [5.74, 6) is 0.973. The molecule has 0 radical (unpaired) electrons. The van der Waals surface area contributed by atoms with Crippen LogP contribution in [0, 0.1) is 13.8 Å². The zero-order chi connectivity index (χ0) is 17.4. The highest BCUT2D eigenvalue weighted by molar-refractivity contribution is 5.94. The van der Waals surface area contributed by atoms with Crippen LogP contribution < -0.4 is 9.13 Å². The molecule has 0 aliphatic heterocycles. The average Bonchev–Trinajstić information content (AvgIpc) is 2.63. The molecular formula is C22H21N3+2. The molecule has 0 N–H and O–H groups in total. The lowest BCUT2D eigenvalue weighted by Crippen LogP contribution is -2.36. The first-order chi connectivity index (χ1) is 12.2. The standard InChI is InChI=1S/C22H21N3/c1-16-9-6-7-14-25(16)21-17(2)20(22-23-12-8-13-24(22)3)15-18-10-4-5-11-19(18)21/h4-15H,1-3H3/q+2. The van der Waals surface area contributed by atoms with Crippen molar-refractivity contribution in [1.29, 1.82) is 0 Å². The number of hydrogen-bond acceptors (Lipinski definition) is 1. The van der Waals surface area contributed by atoms with Crippen molar-refractivity contribution in [3.8, 4) is 17.1 Å². The maximum atomic E-state index is 4.63. The van der Waals surface area contributed by atoms with Gasteiger partial charge in [0.15, 0.2) is 11.9 Å². The molecule has 2 aromatic carbocycles. The molecule has 0 atom stereocenters. The van der Waals surface area contributed by atoms with Crippen LogP contribution in [0.3, 0.4) is 0 Å². The molecular weight excluding hydrogens is 306 g/mol. The Morgan fingerprint density at radius 3 is 2.48 bits per heavy atom. The van der Waals surface area contributed by atoms with E-state index >= 15 is 0 Å². The Balaban J connectivity index is 2.13. The molecule has 3 nitrogen and oxygen atoms in total. The van der Waals surface area contributed by atoms with Gasteiger partial charge in [0.05, 0.1) is 24.2 Å².